The molecule has 0 aromatic carbocycles. The molecule has 1 aromatic heterocycles. The Morgan fingerprint density at radius 2 is 2.08 bits per heavy atom. The fourth-order valence-corrected chi connectivity index (χ4v) is 3.66. The monoisotopic (exact) mass is 345 g/mol. The molecule has 2 atom stereocenters. The van der Waals surface area contributed by atoms with Gasteiger partial charge in [0, 0.05) is 44.4 Å². The Labute approximate surface area is 146 Å². The zero-order valence-electron chi connectivity index (χ0n) is 14.1. The molecule has 3 heterocycles. The van der Waals surface area contributed by atoms with Gasteiger partial charge >= 0.3 is 5.97 Å². The summed E-state index contributed by atoms with van der Waals surface area (Å²) < 4.78 is 0. The number of amides is 2. The molecule has 134 valence electrons. The molecule has 2 amide bonds. The summed E-state index contributed by atoms with van der Waals surface area (Å²) in [5.74, 6) is -1.98. The zero-order valence-corrected chi connectivity index (χ0v) is 14.1. The molecule has 1 aromatic rings. The van der Waals surface area contributed by atoms with E-state index in [0.717, 1.165) is 24.8 Å². The Morgan fingerprint density at radius 1 is 1.24 bits per heavy atom. The minimum absolute atomic E-state index is 0.0173. The standard InChI is InChI=1S/C18H23N3O4/c22-16-6-2-1-3-8-20(16)12-17(23)21-10-14(15(11-21)18(24)25)13-5-4-7-19-9-13/h4-5,7,9,14-15H,1-3,6,8,10-12H2,(H,24,25)/t14-,15+/m0/s1. The van der Waals surface area contributed by atoms with Crippen molar-refractivity contribution in [3.05, 3.63) is 30.1 Å². The maximum absolute atomic E-state index is 12.6. The van der Waals surface area contributed by atoms with Gasteiger partial charge < -0.3 is 14.9 Å². The lowest BCUT2D eigenvalue weighted by atomic mass is 9.90. The van der Waals surface area contributed by atoms with Gasteiger partial charge in [0.1, 0.15) is 0 Å². The number of carboxylic acid groups (broad SMARTS) is 1. The predicted octanol–water partition coefficient (Wildman–Crippen LogP) is 1.11. The lowest BCUT2D eigenvalue weighted by Gasteiger charge is -2.24. The first-order chi connectivity index (χ1) is 12.1. The molecule has 1 N–H and O–H groups in total. The average molecular weight is 345 g/mol. The molecule has 25 heavy (non-hydrogen) atoms. The number of hydrogen-bond acceptors (Lipinski definition) is 4. The summed E-state index contributed by atoms with van der Waals surface area (Å²) in [7, 11) is 0. The first kappa shape index (κ1) is 17.4. The van der Waals surface area contributed by atoms with Crippen LogP contribution in [0.3, 0.4) is 0 Å². The van der Waals surface area contributed by atoms with Crippen molar-refractivity contribution in [2.75, 3.05) is 26.2 Å². The Bertz CT molecular complexity index is 649. The molecule has 2 saturated heterocycles. The van der Waals surface area contributed by atoms with E-state index in [0.29, 0.717) is 19.5 Å². The summed E-state index contributed by atoms with van der Waals surface area (Å²) in [6.07, 6.45) is 6.58. The van der Waals surface area contributed by atoms with Gasteiger partial charge in [0.2, 0.25) is 11.8 Å². The average Bonchev–Trinajstić information content (AvgIpc) is 2.97. The van der Waals surface area contributed by atoms with Gasteiger partial charge in [0.25, 0.3) is 0 Å². The summed E-state index contributed by atoms with van der Waals surface area (Å²) in [6.45, 7) is 1.18. The number of aromatic nitrogens is 1. The number of rotatable bonds is 4. The zero-order chi connectivity index (χ0) is 17.8. The van der Waals surface area contributed by atoms with Gasteiger partial charge in [0.15, 0.2) is 0 Å². The third-order valence-electron chi connectivity index (χ3n) is 5.10. The van der Waals surface area contributed by atoms with Crippen molar-refractivity contribution >= 4 is 17.8 Å². The van der Waals surface area contributed by atoms with Gasteiger partial charge in [-0.1, -0.05) is 12.5 Å². The van der Waals surface area contributed by atoms with E-state index >= 15 is 0 Å². The molecule has 2 fully saturated rings. The Hall–Kier alpha value is -2.44. The molecular formula is C18H23N3O4. The van der Waals surface area contributed by atoms with Crippen molar-refractivity contribution in [1.82, 2.24) is 14.8 Å². The van der Waals surface area contributed by atoms with Gasteiger partial charge in [0.05, 0.1) is 12.5 Å². The van der Waals surface area contributed by atoms with E-state index in [1.54, 1.807) is 28.3 Å². The number of carboxylic acids is 1. The van der Waals surface area contributed by atoms with Crippen molar-refractivity contribution in [2.45, 2.75) is 31.6 Å². The normalized spacial score (nSPS) is 24.2. The first-order valence-corrected chi connectivity index (χ1v) is 8.74. The highest BCUT2D eigenvalue weighted by Gasteiger charge is 2.40. The van der Waals surface area contributed by atoms with Gasteiger partial charge in [-0.25, -0.2) is 0 Å². The molecule has 3 rings (SSSR count). The minimum Gasteiger partial charge on any atom is -0.481 e. The van der Waals surface area contributed by atoms with E-state index in [-0.39, 0.29) is 30.8 Å². The lowest BCUT2D eigenvalue weighted by Crippen LogP contribution is -2.42. The van der Waals surface area contributed by atoms with Crippen molar-refractivity contribution in [1.29, 1.82) is 0 Å². The highest BCUT2D eigenvalue weighted by molar-refractivity contribution is 5.86. The van der Waals surface area contributed by atoms with Crippen LogP contribution in [0.2, 0.25) is 0 Å². The van der Waals surface area contributed by atoms with Crippen LogP contribution in [0.5, 0.6) is 0 Å². The summed E-state index contributed by atoms with van der Waals surface area (Å²) in [5.41, 5.74) is 0.830. The fraction of sp³-hybridized carbons (Fsp3) is 0.556. The Morgan fingerprint density at radius 3 is 2.80 bits per heavy atom. The van der Waals surface area contributed by atoms with E-state index in [9.17, 15) is 19.5 Å². The predicted molar refractivity (Wildman–Crippen MR) is 89.7 cm³/mol. The topological polar surface area (TPSA) is 90.8 Å². The van der Waals surface area contributed by atoms with E-state index in [1.165, 1.54) is 0 Å². The molecule has 0 unspecified atom stereocenters. The van der Waals surface area contributed by atoms with Crippen LogP contribution in [0, 0.1) is 5.92 Å². The van der Waals surface area contributed by atoms with Crippen LogP contribution >= 0.6 is 0 Å². The number of carbonyl (C=O) groups is 3. The van der Waals surface area contributed by atoms with Crippen LogP contribution in [-0.2, 0) is 14.4 Å². The van der Waals surface area contributed by atoms with Crippen LogP contribution in [0.4, 0.5) is 0 Å². The van der Waals surface area contributed by atoms with Crippen LogP contribution in [-0.4, -0.2) is 63.9 Å². The molecular weight excluding hydrogens is 322 g/mol. The van der Waals surface area contributed by atoms with Gasteiger partial charge in [-0.05, 0) is 24.5 Å². The smallest absolute Gasteiger partial charge is 0.308 e. The molecule has 0 aliphatic carbocycles. The third kappa shape index (κ3) is 3.97. The van der Waals surface area contributed by atoms with E-state index < -0.39 is 11.9 Å². The molecule has 0 radical (unpaired) electrons. The van der Waals surface area contributed by atoms with E-state index in [1.807, 2.05) is 6.07 Å². The molecule has 0 saturated carbocycles. The fourth-order valence-electron chi connectivity index (χ4n) is 3.66. The van der Waals surface area contributed by atoms with Crippen molar-refractivity contribution in [3.63, 3.8) is 0 Å². The number of pyridine rings is 1. The summed E-state index contributed by atoms with van der Waals surface area (Å²) >= 11 is 0. The quantitative estimate of drug-likeness (QED) is 0.883. The summed E-state index contributed by atoms with van der Waals surface area (Å²) in [4.78, 5) is 43.6. The molecule has 2 aliphatic rings. The first-order valence-electron chi connectivity index (χ1n) is 8.74. The highest BCUT2D eigenvalue weighted by atomic mass is 16.4. The number of likely N-dealkylation sites (tertiary alicyclic amines) is 2. The van der Waals surface area contributed by atoms with Crippen LogP contribution in [0.15, 0.2) is 24.5 Å². The molecule has 0 bridgehead atoms. The molecule has 7 nitrogen and oxygen atoms in total. The maximum Gasteiger partial charge on any atom is 0.308 e. The maximum atomic E-state index is 12.6. The second-order valence-electron chi connectivity index (χ2n) is 6.76. The second-order valence-corrected chi connectivity index (χ2v) is 6.76. The molecule has 0 spiro atoms. The van der Waals surface area contributed by atoms with Crippen molar-refractivity contribution in [3.8, 4) is 0 Å². The molecule has 7 heteroatoms. The minimum atomic E-state index is -0.907. The van der Waals surface area contributed by atoms with Crippen LogP contribution in [0.25, 0.3) is 0 Å². The van der Waals surface area contributed by atoms with Gasteiger partial charge in [-0.2, -0.15) is 0 Å². The summed E-state index contributed by atoms with van der Waals surface area (Å²) in [6, 6.07) is 3.62. The number of nitrogens with zero attached hydrogens (tertiary/aromatic N) is 3. The number of hydrogen-bond donors (Lipinski definition) is 1. The lowest BCUT2D eigenvalue weighted by molar-refractivity contribution is -0.143. The van der Waals surface area contributed by atoms with Gasteiger partial charge in [-0.15, -0.1) is 0 Å². The van der Waals surface area contributed by atoms with Gasteiger partial charge in [-0.3, -0.25) is 19.4 Å². The number of aliphatic carboxylic acids is 1. The Kier molecular flexibility index (Phi) is 5.31. The largest absolute Gasteiger partial charge is 0.481 e. The second kappa shape index (κ2) is 7.63. The number of carbonyl (C=O) groups excluding carboxylic acids is 2. The van der Waals surface area contributed by atoms with Crippen molar-refractivity contribution < 1.29 is 19.5 Å². The highest BCUT2D eigenvalue weighted by Crippen LogP contribution is 2.32. The molecule has 2 aliphatic heterocycles. The third-order valence-corrected chi connectivity index (χ3v) is 5.10. The SMILES string of the molecule is O=C(O)[C@@H]1CN(C(=O)CN2CCCCCC2=O)C[C@H]1c1cccnc1. The summed E-state index contributed by atoms with van der Waals surface area (Å²) in [5, 5.41) is 9.52. The van der Waals surface area contributed by atoms with Crippen LogP contribution in [0.1, 0.15) is 37.2 Å². The van der Waals surface area contributed by atoms with Crippen LogP contribution < -0.4 is 0 Å². The Balaban J connectivity index is 1.69. The van der Waals surface area contributed by atoms with E-state index in [2.05, 4.69) is 4.98 Å². The van der Waals surface area contributed by atoms with E-state index in [4.69, 9.17) is 0 Å². The van der Waals surface area contributed by atoms with Crippen molar-refractivity contribution in [2.24, 2.45) is 5.92 Å².